The first-order chi connectivity index (χ1) is 11.6. The van der Waals surface area contributed by atoms with Crippen LogP contribution in [0.25, 0.3) is 0 Å². The average molecular weight is 429 g/mol. The molecular formula is C18H22BrO3PS. The first-order valence-corrected chi connectivity index (χ1v) is 11.9. The predicted octanol–water partition coefficient (Wildman–Crippen LogP) is 6.71. The fourth-order valence-corrected chi connectivity index (χ4v) is 6.05. The Morgan fingerprint density at radius 3 is 2.54 bits per heavy atom. The van der Waals surface area contributed by atoms with E-state index < -0.39 is 6.80 Å². The van der Waals surface area contributed by atoms with Crippen LogP contribution in [0.4, 0.5) is 0 Å². The minimum Gasteiger partial charge on any atom is -0.417 e. The average Bonchev–Trinajstić information content (AvgIpc) is 2.57. The molecular weight excluding hydrogens is 407 g/mol. The van der Waals surface area contributed by atoms with E-state index >= 15 is 0 Å². The molecule has 2 aromatic carbocycles. The maximum atomic E-state index is 12.9. The summed E-state index contributed by atoms with van der Waals surface area (Å²) in [5.74, 6) is 1.35. The van der Waals surface area contributed by atoms with Gasteiger partial charge in [-0.25, -0.2) is 4.57 Å². The molecule has 0 aliphatic carbocycles. The van der Waals surface area contributed by atoms with E-state index in [1.807, 2.05) is 50.2 Å². The van der Waals surface area contributed by atoms with Crippen molar-refractivity contribution in [2.24, 2.45) is 0 Å². The van der Waals surface area contributed by atoms with Crippen LogP contribution in [0.1, 0.15) is 31.4 Å². The van der Waals surface area contributed by atoms with Gasteiger partial charge in [0.1, 0.15) is 5.75 Å². The molecule has 0 heterocycles. The topological polar surface area (TPSA) is 35.5 Å². The van der Waals surface area contributed by atoms with Crippen molar-refractivity contribution >= 4 is 34.1 Å². The van der Waals surface area contributed by atoms with Crippen LogP contribution in [0.3, 0.4) is 0 Å². The number of rotatable bonds is 9. The number of benzene rings is 2. The summed E-state index contributed by atoms with van der Waals surface area (Å²) in [5.41, 5.74) is 2.15. The fourth-order valence-electron chi connectivity index (χ4n) is 2.16. The van der Waals surface area contributed by atoms with Gasteiger partial charge in [-0.2, -0.15) is 0 Å². The Morgan fingerprint density at radius 2 is 1.88 bits per heavy atom. The Kier molecular flexibility index (Phi) is 7.89. The highest BCUT2D eigenvalue weighted by Gasteiger charge is 2.27. The Balaban J connectivity index is 2.26. The van der Waals surface area contributed by atoms with Crippen molar-refractivity contribution < 1.29 is 13.6 Å². The third-order valence-electron chi connectivity index (χ3n) is 3.21. The molecule has 1 atom stereocenters. The molecule has 6 heteroatoms. The molecule has 0 amide bonds. The third kappa shape index (κ3) is 5.96. The second-order valence-corrected chi connectivity index (χ2v) is 10.2. The molecule has 0 fully saturated rings. The first kappa shape index (κ1) is 19.6. The Morgan fingerprint density at radius 1 is 1.12 bits per heavy atom. The van der Waals surface area contributed by atoms with E-state index in [0.717, 1.165) is 22.2 Å². The molecule has 130 valence electrons. The number of hydrogen-bond donors (Lipinski definition) is 0. The van der Waals surface area contributed by atoms with Crippen molar-refractivity contribution in [2.75, 3.05) is 12.4 Å². The molecule has 0 radical (unpaired) electrons. The molecule has 0 aliphatic rings. The summed E-state index contributed by atoms with van der Waals surface area (Å²) >= 11 is 4.76. The maximum Gasteiger partial charge on any atom is 0.440 e. The van der Waals surface area contributed by atoms with Crippen LogP contribution < -0.4 is 4.52 Å². The SMILES string of the molecule is CCCSP(=O)(OCC)Oc1ccc(Br)cc1Cc1ccccc1. The van der Waals surface area contributed by atoms with Gasteiger partial charge in [0.15, 0.2) is 0 Å². The van der Waals surface area contributed by atoms with E-state index in [4.69, 9.17) is 9.05 Å². The van der Waals surface area contributed by atoms with Crippen LogP contribution in [0.5, 0.6) is 5.75 Å². The van der Waals surface area contributed by atoms with Gasteiger partial charge in [-0.1, -0.05) is 53.2 Å². The normalized spacial score (nSPS) is 13.5. The summed E-state index contributed by atoms with van der Waals surface area (Å²) in [5, 5.41) is 0. The second kappa shape index (κ2) is 9.67. The minimum atomic E-state index is -3.20. The van der Waals surface area contributed by atoms with Crippen molar-refractivity contribution in [1.29, 1.82) is 0 Å². The van der Waals surface area contributed by atoms with Gasteiger partial charge >= 0.3 is 6.80 Å². The first-order valence-electron chi connectivity index (χ1n) is 7.97. The van der Waals surface area contributed by atoms with E-state index in [1.54, 1.807) is 0 Å². The van der Waals surface area contributed by atoms with E-state index in [9.17, 15) is 4.57 Å². The van der Waals surface area contributed by atoms with Gasteiger partial charge in [0.2, 0.25) is 0 Å². The van der Waals surface area contributed by atoms with Gasteiger partial charge in [-0.05, 0) is 48.5 Å². The lowest BCUT2D eigenvalue weighted by Gasteiger charge is -2.19. The van der Waals surface area contributed by atoms with E-state index in [0.29, 0.717) is 18.8 Å². The molecule has 0 saturated carbocycles. The van der Waals surface area contributed by atoms with Crippen LogP contribution in [-0.2, 0) is 15.5 Å². The van der Waals surface area contributed by atoms with E-state index in [-0.39, 0.29) is 0 Å². The summed E-state index contributed by atoms with van der Waals surface area (Å²) in [6.07, 6.45) is 1.63. The van der Waals surface area contributed by atoms with Crippen molar-refractivity contribution in [3.05, 3.63) is 64.1 Å². The molecule has 0 bridgehead atoms. The Bertz CT molecular complexity index is 694. The lowest BCUT2D eigenvalue weighted by molar-refractivity contribution is 0.295. The van der Waals surface area contributed by atoms with Gasteiger partial charge in [0.25, 0.3) is 0 Å². The molecule has 3 nitrogen and oxygen atoms in total. The number of hydrogen-bond acceptors (Lipinski definition) is 4. The molecule has 0 N–H and O–H groups in total. The van der Waals surface area contributed by atoms with Gasteiger partial charge in [0, 0.05) is 22.2 Å². The highest BCUT2D eigenvalue weighted by atomic mass is 79.9. The monoisotopic (exact) mass is 428 g/mol. The van der Waals surface area contributed by atoms with E-state index in [2.05, 4.69) is 28.1 Å². The van der Waals surface area contributed by atoms with Crippen LogP contribution in [-0.4, -0.2) is 12.4 Å². The summed E-state index contributed by atoms with van der Waals surface area (Å²) in [6.45, 7) is 1.03. The lowest BCUT2D eigenvalue weighted by atomic mass is 10.0. The molecule has 24 heavy (non-hydrogen) atoms. The van der Waals surface area contributed by atoms with Gasteiger partial charge < -0.3 is 4.52 Å². The fraction of sp³-hybridized carbons (Fsp3) is 0.333. The highest BCUT2D eigenvalue weighted by molar-refractivity contribution is 9.10. The van der Waals surface area contributed by atoms with Gasteiger partial charge in [-0.3, -0.25) is 4.52 Å². The van der Waals surface area contributed by atoms with Crippen molar-refractivity contribution in [1.82, 2.24) is 0 Å². The maximum absolute atomic E-state index is 12.9. The molecule has 0 spiro atoms. The van der Waals surface area contributed by atoms with Crippen LogP contribution >= 0.6 is 34.1 Å². The van der Waals surface area contributed by atoms with Crippen molar-refractivity contribution in [2.45, 2.75) is 26.7 Å². The summed E-state index contributed by atoms with van der Waals surface area (Å²) in [6, 6.07) is 15.9. The van der Waals surface area contributed by atoms with Crippen molar-refractivity contribution in [3.8, 4) is 5.75 Å². The van der Waals surface area contributed by atoms with Crippen LogP contribution in [0.2, 0.25) is 0 Å². The molecule has 0 aliphatic heterocycles. The molecule has 0 saturated heterocycles. The highest BCUT2D eigenvalue weighted by Crippen LogP contribution is 2.60. The Labute approximate surface area is 156 Å². The predicted molar refractivity (Wildman–Crippen MR) is 106 cm³/mol. The smallest absolute Gasteiger partial charge is 0.417 e. The van der Waals surface area contributed by atoms with E-state index in [1.165, 1.54) is 16.9 Å². The third-order valence-corrected chi connectivity index (χ3v) is 7.64. The second-order valence-electron chi connectivity index (χ2n) is 5.20. The van der Waals surface area contributed by atoms with Gasteiger partial charge in [0.05, 0.1) is 6.61 Å². The summed E-state index contributed by atoms with van der Waals surface area (Å²) in [7, 11) is 0. The molecule has 1 unspecified atom stereocenters. The molecule has 2 aromatic rings. The van der Waals surface area contributed by atoms with Gasteiger partial charge in [-0.15, -0.1) is 0 Å². The minimum absolute atomic E-state index is 0.360. The zero-order chi connectivity index (χ0) is 17.4. The number of halogens is 1. The standard InChI is InChI=1S/C18H22BrO3PS/c1-3-12-24-23(20,21-4-2)22-18-11-10-17(19)14-16(18)13-15-8-6-5-7-9-15/h5-11,14H,3-4,12-13H2,1-2H3. The quantitative estimate of drug-likeness (QED) is 0.415. The summed E-state index contributed by atoms with van der Waals surface area (Å²) in [4.78, 5) is 0. The van der Waals surface area contributed by atoms with Crippen molar-refractivity contribution in [3.63, 3.8) is 0 Å². The molecule has 0 aromatic heterocycles. The lowest BCUT2D eigenvalue weighted by Crippen LogP contribution is -1.99. The van der Waals surface area contributed by atoms with Crippen LogP contribution in [0.15, 0.2) is 53.0 Å². The molecule has 2 rings (SSSR count). The Hall–Kier alpha value is -0.740. The zero-order valence-corrected chi connectivity index (χ0v) is 17.2. The van der Waals surface area contributed by atoms with Crippen LogP contribution in [0, 0.1) is 0 Å². The zero-order valence-electron chi connectivity index (χ0n) is 13.9. The largest absolute Gasteiger partial charge is 0.440 e. The summed E-state index contributed by atoms with van der Waals surface area (Å²) < 4.78 is 25.2.